The number of benzene rings is 2. The minimum Gasteiger partial charge on any atom is -0.451 e. The minimum absolute atomic E-state index is 0.267. The standard InChI is InChI=1S/C18H13ClN2O2/c1-11-15-10-13(19)4-7-16(15)23-17(11)18(22)21-14-5-2-12(3-6-14)8-9-20/h2-7,10H,8H2,1H3,(H,21,22). The van der Waals surface area contributed by atoms with Crippen molar-refractivity contribution in [1.82, 2.24) is 0 Å². The predicted molar refractivity (Wildman–Crippen MR) is 89.7 cm³/mol. The molecule has 0 fully saturated rings. The zero-order valence-corrected chi connectivity index (χ0v) is 13.1. The summed E-state index contributed by atoms with van der Waals surface area (Å²) in [6.07, 6.45) is 0.345. The quantitative estimate of drug-likeness (QED) is 0.758. The maximum Gasteiger partial charge on any atom is 0.291 e. The number of nitrogens with one attached hydrogen (secondary N) is 1. The first kappa shape index (κ1) is 15.1. The van der Waals surface area contributed by atoms with E-state index in [2.05, 4.69) is 11.4 Å². The van der Waals surface area contributed by atoms with Crippen LogP contribution in [-0.4, -0.2) is 5.91 Å². The number of nitrogens with zero attached hydrogens (tertiary/aromatic N) is 1. The second-order valence-electron chi connectivity index (χ2n) is 5.18. The van der Waals surface area contributed by atoms with E-state index >= 15 is 0 Å². The van der Waals surface area contributed by atoms with E-state index < -0.39 is 0 Å². The molecular formula is C18H13ClN2O2. The lowest BCUT2D eigenvalue weighted by molar-refractivity contribution is 0.0998. The van der Waals surface area contributed by atoms with Crippen LogP contribution in [0.25, 0.3) is 11.0 Å². The molecule has 3 rings (SSSR count). The van der Waals surface area contributed by atoms with Gasteiger partial charge >= 0.3 is 0 Å². The molecule has 5 heteroatoms. The van der Waals surface area contributed by atoms with Gasteiger partial charge in [-0.2, -0.15) is 5.26 Å². The summed E-state index contributed by atoms with van der Waals surface area (Å²) in [5, 5.41) is 12.9. The lowest BCUT2D eigenvalue weighted by Gasteiger charge is -2.04. The molecule has 114 valence electrons. The Hall–Kier alpha value is -2.77. The molecule has 0 atom stereocenters. The maximum atomic E-state index is 12.4. The highest BCUT2D eigenvalue weighted by Gasteiger charge is 2.18. The Morgan fingerprint density at radius 3 is 2.70 bits per heavy atom. The highest BCUT2D eigenvalue weighted by Crippen LogP contribution is 2.28. The molecule has 1 aromatic heterocycles. The zero-order chi connectivity index (χ0) is 16.4. The van der Waals surface area contributed by atoms with E-state index in [0.29, 0.717) is 22.7 Å². The lowest BCUT2D eigenvalue weighted by Crippen LogP contribution is -2.12. The van der Waals surface area contributed by atoms with Crippen molar-refractivity contribution in [3.63, 3.8) is 0 Å². The Balaban J connectivity index is 1.86. The van der Waals surface area contributed by atoms with Gasteiger partial charge in [-0.15, -0.1) is 0 Å². The number of nitriles is 1. The third-order valence-corrected chi connectivity index (χ3v) is 3.83. The first-order chi connectivity index (χ1) is 11.1. The third-order valence-electron chi connectivity index (χ3n) is 3.60. The summed E-state index contributed by atoms with van der Waals surface area (Å²) in [5.74, 6) is -0.0498. The van der Waals surface area contributed by atoms with Gasteiger partial charge in [-0.25, -0.2) is 0 Å². The van der Waals surface area contributed by atoms with Gasteiger partial charge in [0.15, 0.2) is 5.76 Å². The second-order valence-corrected chi connectivity index (χ2v) is 5.62. The first-order valence-corrected chi connectivity index (χ1v) is 7.42. The molecule has 1 N–H and O–H groups in total. The van der Waals surface area contributed by atoms with Gasteiger partial charge in [-0.05, 0) is 42.8 Å². The van der Waals surface area contributed by atoms with Gasteiger partial charge in [-0.1, -0.05) is 23.7 Å². The number of hydrogen-bond donors (Lipinski definition) is 1. The number of anilines is 1. The Morgan fingerprint density at radius 2 is 2.00 bits per heavy atom. The molecule has 3 aromatic rings. The molecular weight excluding hydrogens is 312 g/mol. The number of carbonyl (C=O) groups excluding carboxylic acids is 1. The molecule has 0 aliphatic rings. The molecule has 0 saturated heterocycles. The average Bonchev–Trinajstić information content (AvgIpc) is 2.86. The largest absolute Gasteiger partial charge is 0.451 e. The van der Waals surface area contributed by atoms with Crippen LogP contribution in [0.15, 0.2) is 46.9 Å². The molecule has 0 spiro atoms. The summed E-state index contributed by atoms with van der Waals surface area (Å²) in [6.45, 7) is 1.83. The van der Waals surface area contributed by atoms with E-state index in [1.54, 1.807) is 30.3 Å². The monoisotopic (exact) mass is 324 g/mol. The second kappa shape index (κ2) is 6.15. The molecule has 0 unspecified atom stereocenters. The number of rotatable bonds is 3. The van der Waals surface area contributed by atoms with Gasteiger partial charge in [0.05, 0.1) is 12.5 Å². The van der Waals surface area contributed by atoms with Gasteiger partial charge in [-0.3, -0.25) is 4.79 Å². The predicted octanol–water partition coefficient (Wildman–Crippen LogP) is 4.71. The van der Waals surface area contributed by atoms with Crippen LogP contribution < -0.4 is 5.32 Å². The molecule has 4 nitrogen and oxygen atoms in total. The highest BCUT2D eigenvalue weighted by molar-refractivity contribution is 6.31. The van der Waals surface area contributed by atoms with Gasteiger partial charge in [0.25, 0.3) is 5.91 Å². The van der Waals surface area contributed by atoms with Gasteiger partial charge in [0, 0.05) is 21.7 Å². The first-order valence-electron chi connectivity index (χ1n) is 7.04. The number of amides is 1. The molecule has 0 saturated carbocycles. The van der Waals surface area contributed by atoms with Crippen molar-refractivity contribution in [3.8, 4) is 6.07 Å². The fourth-order valence-electron chi connectivity index (χ4n) is 2.39. The van der Waals surface area contributed by atoms with E-state index in [9.17, 15) is 4.79 Å². The Kier molecular flexibility index (Phi) is 4.05. The molecule has 0 aliphatic carbocycles. The van der Waals surface area contributed by atoms with Crippen LogP contribution >= 0.6 is 11.6 Å². The summed E-state index contributed by atoms with van der Waals surface area (Å²) in [4.78, 5) is 12.4. The molecule has 1 heterocycles. The van der Waals surface area contributed by atoms with E-state index in [0.717, 1.165) is 16.5 Å². The summed E-state index contributed by atoms with van der Waals surface area (Å²) in [5.41, 5.74) is 2.93. The van der Waals surface area contributed by atoms with Crippen molar-refractivity contribution >= 4 is 34.2 Å². The Morgan fingerprint density at radius 1 is 1.26 bits per heavy atom. The van der Waals surface area contributed by atoms with Crippen molar-refractivity contribution < 1.29 is 9.21 Å². The van der Waals surface area contributed by atoms with Gasteiger partial charge in [0.1, 0.15) is 5.58 Å². The van der Waals surface area contributed by atoms with Gasteiger partial charge in [0.2, 0.25) is 0 Å². The Labute approximate surface area is 138 Å². The summed E-state index contributed by atoms with van der Waals surface area (Å²) in [7, 11) is 0. The summed E-state index contributed by atoms with van der Waals surface area (Å²) in [6, 6.07) is 14.5. The normalized spacial score (nSPS) is 10.5. The summed E-state index contributed by atoms with van der Waals surface area (Å²) < 4.78 is 5.64. The van der Waals surface area contributed by atoms with Crippen LogP contribution in [0.2, 0.25) is 5.02 Å². The van der Waals surface area contributed by atoms with E-state index in [4.69, 9.17) is 21.3 Å². The van der Waals surface area contributed by atoms with E-state index in [1.165, 1.54) is 0 Å². The molecule has 23 heavy (non-hydrogen) atoms. The van der Waals surface area contributed by atoms with Crippen molar-refractivity contribution in [1.29, 1.82) is 5.26 Å². The minimum atomic E-state index is -0.317. The smallest absolute Gasteiger partial charge is 0.291 e. The topological polar surface area (TPSA) is 66.0 Å². The van der Waals surface area contributed by atoms with Crippen molar-refractivity contribution in [2.45, 2.75) is 13.3 Å². The molecule has 0 radical (unpaired) electrons. The van der Waals surface area contributed by atoms with Crippen molar-refractivity contribution in [2.75, 3.05) is 5.32 Å². The fraction of sp³-hybridized carbons (Fsp3) is 0.111. The van der Waals surface area contributed by atoms with Crippen LogP contribution in [0.3, 0.4) is 0 Å². The number of carbonyl (C=O) groups is 1. The van der Waals surface area contributed by atoms with Crippen LogP contribution in [0.1, 0.15) is 21.7 Å². The van der Waals surface area contributed by atoms with Crippen LogP contribution in [0, 0.1) is 18.3 Å². The fourth-order valence-corrected chi connectivity index (χ4v) is 2.57. The molecule has 0 aliphatic heterocycles. The zero-order valence-electron chi connectivity index (χ0n) is 12.4. The number of fused-ring (bicyclic) bond motifs is 1. The van der Waals surface area contributed by atoms with Gasteiger partial charge < -0.3 is 9.73 Å². The average molecular weight is 325 g/mol. The van der Waals surface area contributed by atoms with E-state index in [1.807, 2.05) is 19.1 Å². The number of aryl methyl sites for hydroxylation is 1. The number of hydrogen-bond acceptors (Lipinski definition) is 3. The highest BCUT2D eigenvalue weighted by atomic mass is 35.5. The summed E-state index contributed by atoms with van der Waals surface area (Å²) >= 11 is 5.98. The maximum absolute atomic E-state index is 12.4. The van der Waals surface area contributed by atoms with Crippen LogP contribution in [0.4, 0.5) is 5.69 Å². The van der Waals surface area contributed by atoms with Crippen molar-refractivity contribution in [3.05, 3.63) is 64.4 Å². The van der Waals surface area contributed by atoms with Crippen molar-refractivity contribution in [2.24, 2.45) is 0 Å². The molecule has 1 amide bonds. The molecule has 2 aromatic carbocycles. The third kappa shape index (κ3) is 3.05. The van der Waals surface area contributed by atoms with Crippen LogP contribution in [0.5, 0.6) is 0 Å². The lowest BCUT2D eigenvalue weighted by atomic mass is 10.1. The Bertz CT molecular complexity index is 921. The SMILES string of the molecule is Cc1c(C(=O)Nc2ccc(CC#N)cc2)oc2ccc(Cl)cc12. The van der Waals surface area contributed by atoms with Crippen LogP contribution in [-0.2, 0) is 6.42 Å². The molecule has 0 bridgehead atoms. The van der Waals surface area contributed by atoms with E-state index in [-0.39, 0.29) is 11.7 Å². The number of halogens is 1. The number of furan rings is 1.